The van der Waals surface area contributed by atoms with Gasteiger partial charge in [-0.2, -0.15) is 0 Å². The normalized spacial score (nSPS) is 32.4. The number of carbonyl (C=O) groups excluding carboxylic acids is 3. The number of Topliss-reactive ketones (excluding diaryl/α,β-unsaturated/α-hetero) is 2. The number of likely N-dealkylation sites (tertiary alicyclic amines) is 1. The summed E-state index contributed by atoms with van der Waals surface area (Å²) in [4.78, 5) is 40.8. The van der Waals surface area contributed by atoms with Gasteiger partial charge in [-0.05, 0) is 61.9 Å². The summed E-state index contributed by atoms with van der Waals surface area (Å²) in [6.45, 7) is 3.74. The van der Waals surface area contributed by atoms with Gasteiger partial charge in [0.1, 0.15) is 22.8 Å². The van der Waals surface area contributed by atoms with E-state index >= 15 is 0 Å². The number of rotatable bonds is 3. The van der Waals surface area contributed by atoms with E-state index in [1.807, 2.05) is 6.92 Å². The number of ketones is 2. The minimum atomic E-state index is -2.72. The molecule has 5 rings (SSSR count). The number of amides is 1. The third-order valence-electron chi connectivity index (χ3n) is 8.34. The molecule has 1 aromatic carbocycles. The predicted octanol–water partition coefficient (Wildman–Crippen LogP) is 1.33. The average Bonchev–Trinajstić information content (AvgIpc) is 3.30. The Morgan fingerprint density at radius 3 is 2.61 bits per heavy atom. The quantitative estimate of drug-likeness (QED) is 0.321. The van der Waals surface area contributed by atoms with Crippen molar-refractivity contribution in [1.82, 2.24) is 4.90 Å². The van der Waals surface area contributed by atoms with Crippen LogP contribution in [0.5, 0.6) is 5.75 Å². The van der Waals surface area contributed by atoms with Crippen LogP contribution in [0.15, 0.2) is 28.7 Å². The lowest BCUT2D eigenvalue weighted by atomic mass is 9.59. The lowest BCUT2D eigenvalue weighted by Crippen LogP contribution is -2.63. The molecule has 0 spiro atoms. The molecule has 1 heterocycles. The van der Waals surface area contributed by atoms with Gasteiger partial charge >= 0.3 is 0 Å². The first-order chi connectivity index (χ1) is 16.9. The Morgan fingerprint density at radius 1 is 1.28 bits per heavy atom. The Bertz CT molecular complexity index is 1290. The van der Waals surface area contributed by atoms with Crippen molar-refractivity contribution < 1.29 is 34.8 Å². The molecule has 8 N–H and O–H groups in total. The van der Waals surface area contributed by atoms with Crippen LogP contribution in [-0.4, -0.2) is 67.5 Å². The molecule has 0 saturated carbocycles. The summed E-state index contributed by atoms with van der Waals surface area (Å²) in [5.74, 6) is -7.33. The van der Waals surface area contributed by atoms with E-state index in [1.54, 1.807) is 0 Å². The van der Waals surface area contributed by atoms with Gasteiger partial charge in [0.2, 0.25) is 5.78 Å². The molecule has 1 unspecified atom stereocenters. The number of primary amides is 1. The molecule has 0 aromatic heterocycles. The number of hydrogen-bond donors (Lipinski definition) is 6. The number of phenols is 1. The van der Waals surface area contributed by atoms with Gasteiger partial charge in [0, 0.05) is 22.6 Å². The summed E-state index contributed by atoms with van der Waals surface area (Å²) < 4.78 is 0. The van der Waals surface area contributed by atoms with Crippen molar-refractivity contribution in [3.63, 3.8) is 0 Å². The number of hydrogen-bond acceptors (Lipinski definition) is 9. The van der Waals surface area contributed by atoms with Gasteiger partial charge in [-0.1, -0.05) is 18.5 Å². The number of carbonyl (C=O) groups is 3. The number of nitrogens with two attached hydrogens (primary N) is 2. The van der Waals surface area contributed by atoms with Crippen molar-refractivity contribution in [1.29, 1.82) is 0 Å². The van der Waals surface area contributed by atoms with Crippen LogP contribution in [0.2, 0.25) is 5.02 Å². The number of allylic oxidation sites excluding steroid dienone is 1. The van der Waals surface area contributed by atoms with Gasteiger partial charge in [0.05, 0.1) is 11.6 Å². The molecular weight excluding hydrogens is 490 g/mol. The van der Waals surface area contributed by atoms with Gasteiger partial charge in [-0.25, -0.2) is 0 Å². The van der Waals surface area contributed by atoms with E-state index in [4.69, 9.17) is 23.1 Å². The zero-order valence-corrected chi connectivity index (χ0v) is 20.4. The highest BCUT2D eigenvalue weighted by Gasteiger charge is 2.62. The maximum atomic E-state index is 13.6. The highest BCUT2D eigenvalue weighted by molar-refractivity contribution is 6.33. The molecule has 3 aliphatic carbocycles. The largest absolute Gasteiger partial charge is 0.510 e. The van der Waals surface area contributed by atoms with Crippen molar-refractivity contribution in [2.75, 3.05) is 13.1 Å². The zero-order valence-electron chi connectivity index (χ0n) is 19.6. The molecular formula is C25H28ClN3O7. The van der Waals surface area contributed by atoms with Crippen LogP contribution < -0.4 is 11.5 Å². The molecule has 1 saturated heterocycles. The number of aliphatic hydroxyl groups is 3. The van der Waals surface area contributed by atoms with Crippen LogP contribution in [0, 0.1) is 11.8 Å². The summed E-state index contributed by atoms with van der Waals surface area (Å²) in [5.41, 5.74) is 8.49. The molecule has 11 heteroatoms. The van der Waals surface area contributed by atoms with E-state index in [9.17, 15) is 34.8 Å². The fourth-order valence-electron chi connectivity index (χ4n) is 6.58. The molecule has 0 bridgehead atoms. The van der Waals surface area contributed by atoms with E-state index in [0.717, 1.165) is 31.5 Å². The number of aromatic hydroxyl groups is 1. The van der Waals surface area contributed by atoms with Crippen molar-refractivity contribution in [2.45, 2.75) is 50.3 Å². The molecule has 1 aliphatic heterocycles. The first-order valence-electron chi connectivity index (χ1n) is 12.0. The third kappa shape index (κ3) is 3.11. The first kappa shape index (κ1) is 24.8. The van der Waals surface area contributed by atoms with E-state index in [1.165, 1.54) is 6.07 Å². The van der Waals surface area contributed by atoms with Gasteiger partial charge in [-0.3, -0.25) is 19.3 Å². The van der Waals surface area contributed by atoms with E-state index in [0.29, 0.717) is 10.6 Å². The molecule has 4 aliphatic rings. The fraction of sp³-hybridized carbons (Fsp3) is 0.480. The van der Waals surface area contributed by atoms with Crippen molar-refractivity contribution in [3.05, 3.63) is 50.4 Å². The smallest absolute Gasteiger partial charge is 0.255 e. The molecule has 5 atom stereocenters. The van der Waals surface area contributed by atoms with Gasteiger partial charge in [0.25, 0.3) is 5.91 Å². The molecule has 1 aromatic rings. The number of halogens is 1. The van der Waals surface area contributed by atoms with Gasteiger partial charge in [-0.15, -0.1) is 0 Å². The number of phenolic OH excluding ortho intramolecular Hbond substituents is 1. The number of aliphatic hydroxyl groups excluding tert-OH is 2. The summed E-state index contributed by atoms with van der Waals surface area (Å²) in [7, 11) is 0. The predicted molar refractivity (Wildman–Crippen MR) is 128 cm³/mol. The monoisotopic (exact) mass is 517 g/mol. The third-order valence-corrected chi connectivity index (χ3v) is 8.79. The molecule has 36 heavy (non-hydrogen) atoms. The first-order valence-corrected chi connectivity index (χ1v) is 12.3. The SMILES string of the molecule is CCN1CCCC1c1cc(O)c2c(c1Cl)C[C@H]1C[C@H]3[C@H](N)C(O)=C(C(N)=O)C(=O)[C@@]3(O)C(O)=C1C2=O. The molecule has 1 amide bonds. The summed E-state index contributed by atoms with van der Waals surface area (Å²) in [6.07, 6.45) is 1.91. The average molecular weight is 518 g/mol. The number of nitrogens with zero attached hydrogens (tertiary/aromatic N) is 1. The van der Waals surface area contributed by atoms with Gasteiger partial charge < -0.3 is 31.9 Å². The Morgan fingerprint density at radius 2 is 1.97 bits per heavy atom. The van der Waals surface area contributed by atoms with E-state index in [2.05, 4.69) is 4.90 Å². The molecule has 1 fully saturated rings. The Balaban J connectivity index is 1.66. The topological polar surface area (TPSA) is 187 Å². The minimum Gasteiger partial charge on any atom is -0.510 e. The zero-order chi connectivity index (χ0) is 26.3. The van der Waals surface area contributed by atoms with Crippen LogP contribution >= 0.6 is 11.6 Å². The van der Waals surface area contributed by atoms with Crippen LogP contribution in [-0.2, 0) is 16.0 Å². The van der Waals surface area contributed by atoms with Gasteiger partial charge in [0.15, 0.2) is 11.4 Å². The number of benzene rings is 1. The van der Waals surface area contributed by atoms with E-state index in [-0.39, 0.29) is 35.8 Å². The fourth-order valence-corrected chi connectivity index (χ4v) is 6.93. The van der Waals surface area contributed by atoms with Crippen LogP contribution in [0.4, 0.5) is 0 Å². The Hall–Kier alpha value is -2.92. The van der Waals surface area contributed by atoms with Crippen LogP contribution in [0.25, 0.3) is 0 Å². The second-order valence-corrected chi connectivity index (χ2v) is 10.4. The molecule has 10 nitrogen and oxygen atoms in total. The summed E-state index contributed by atoms with van der Waals surface area (Å²) >= 11 is 6.83. The van der Waals surface area contributed by atoms with Crippen molar-refractivity contribution in [3.8, 4) is 5.75 Å². The number of fused-ring (bicyclic) bond motifs is 3. The highest BCUT2D eigenvalue weighted by atomic mass is 35.5. The lowest BCUT2D eigenvalue weighted by Gasteiger charge is -2.47. The lowest BCUT2D eigenvalue weighted by molar-refractivity contribution is -0.145. The summed E-state index contributed by atoms with van der Waals surface area (Å²) in [6, 6.07) is 0.0837. The maximum absolute atomic E-state index is 13.6. The standard InChI is InChI=1S/C25H28ClN3O7/c1-2-29-5-3-4-13(29)10-8-14(30)16-11(18(10)26)6-9-7-12-19(27)21(32)17(24(28)35)23(34)25(12,36)22(33)15(9)20(16)31/h8-9,12-13,19,30,32-33,36H,2-7,27H2,1H3,(H2,28,35)/t9-,12-,13?,19-,25-/m0/s1. The van der Waals surface area contributed by atoms with Crippen molar-refractivity contribution >= 4 is 29.1 Å². The van der Waals surface area contributed by atoms with Crippen LogP contribution in [0.3, 0.4) is 0 Å². The molecule has 0 radical (unpaired) electrons. The highest BCUT2D eigenvalue weighted by Crippen LogP contribution is 2.53. The second-order valence-electron chi connectivity index (χ2n) is 10.0. The van der Waals surface area contributed by atoms with Crippen molar-refractivity contribution in [2.24, 2.45) is 23.3 Å². The maximum Gasteiger partial charge on any atom is 0.255 e. The van der Waals surface area contributed by atoms with Crippen LogP contribution in [0.1, 0.15) is 53.7 Å². The second kappa shape index (κ2) is 8.31. The van der Waals surface area contributed by atoms with E-state index < -0.39 is 58.0 Å². The Kier molecular flexibility index (Phi) is 5.71. The Labute approximate surface area is 211 Å². The minimum absolute atomic E-state index is 0.00529. The molecule has 192 valence electrons. The summed E-state index contributed by atoms with van der Waals surface area (Å²) in [5, 5.41) is 44.2.